The van der Waals surface area contributed by atoms with Crippen LogP contribution in [0, 0.1) is 35.5 Å². The molecule has 14 nitrogen and oxygen atoms in total. The normalized spacial score (nSPS) is 43.4. The lowest BCUT2D eigenvalue weighted by Gasteiger charge is -2.62. The Morgan fingerprint density at radius 1 is 0.785 bits per heavy atom. The molecule has 3 bridgehead atoms. The van der Waals surface area contributed by atoms with Crippen molar-refractivity contribution >= 4 is 17.9 Å². The van der Waals surface area contributed by atoms with Gasteiger partial charge in [-0.25, -0.2) is 14.4 Å². The third kappa shape index (κ3) is 6.53. The molecule has 4 aliphatic heterocycles. The van der Waals surface area contributed by atoms with Crippen LogP contribution >= 0.6 is 0 Å². The smallest absolute Gasteiger partial charge is 0.338 e. The van der Waals surface area contributed by atoms with Crippen LogP contribution in [0.5, 0.6) is 0 Å². The van der Waals surface area contributed by atoms with E-state index in [2.05, 4.69) is 6.58 Å². The molecule has 3 aromatic carbocycles. The van der Waals surface area contributed by atoms with Crippen molar-refractivity contribution in [1.29, 1.82) is 0 Å². The van der Waals surface area contributed by atoms with Gasteiger partial charge in [0.25, 0.3) is 0 Å². The molecule has 7 aliphatic rings. The van der Waals surface area contributed by atoms with Crippen molar-refractivity contribution in [2.45, 2.75) is 124 Å². The van der Waals surface area contributed by atoms with E-state index >= 15 is 0 Å². The number of carbonyl (C=O) groups excluding carboxylic acids is 3. The number of fused-ring (bicyclic) bond motifs is 1. The summed E-state index contributed by atoms with van der Waals surface area (Å²) in [4.78, 5) is 41.9. The second-order valence-electron chi connectivity index (χ2n) is 19.7. The quantitative estimate of drug-likeness (QED) is 0.0950. The summed E-state index contributed by atoms with van der Waals surface area (Å²) in [6, 6.07) is 25.6. The lowest BCUT2D eigenvalue weighted by Crippen LogP contribution is -2.75. The predicted octanol–water partition coefficient (Wildman–Crippen LogP) is 5.16. The van der Waals surface area contributed by atoms with Crippen LogP contribution in [0.3, 0.4) is 0 Å². The first-order chi connectivity index (χ1) is 31.2. The number of esters is 3. The van der Waals surface area contributed by atoms with Crippen molar-refractivity contribution in [2.75, 3.05) is 13.2 Å². The molecule has 346 valence electrons. The topological polar surface area (TPSA) is 200 Å². The fourth-order valence-electron chi connectivity index (χ4n) is 13.4. The summed E-state index contributed by atoms with van der Waals surface area (Å²) < 4.78 is 47.0. The summed E-state index contributed by atoms with van der Waals surface area (Å²) >= 11 is 0. The third-order valence-corrected chi connectivity index (χ3v) is 16.2. The number of ether oxygens (including phenoxy) is 7. The van der Waals surface area contributed by atoms with Crippen LogP contribution in [0.1, 0.15) is 90.4 Å². The Balaban J connectivity index is 1.18. The number of hydrogen-bond donors (Lipinski definition) is 4. The van der Waals surface area contributed by atoms with Crippen LogP contribution in [-0.2, 0) is 33.2 Å². The second kappa shape index (κ2) is 16.1. The third-order valence-electron chi connectivity index (χ3n) is 16.2. The number of epoxide rings is 1. The van der Waals surface area contributed by atoms with Gasteiger partial charge in [0.15, 0.2) is 0 Å². The SMILES string of the molecule is C=C(C)[C@]12C[C@@H](COC(=O)c3ccccc3)[C@@]34OC5(O[C@@H]1[C@@H]3[C@@H]1O[C@]1(CO)[C@@H](O)[C@@]1(O)[C@H]4[C@H]([C@H](C)[C@@H]1OC(=O)c1ccccc1)[C@H](C)C[C@@H](OC(=O)c1ccccc1)CCCC[C@H]5O)O2. The fourth-order valence-corrected chi connectivity index (χ4v) is 13.4. The fraction of sp³-hybridized carbons (Fsp3) is 0.549. The van der Waals surface area contributed by atoms with Gasteiger partial charge in [0.1, 0.15) is 53.4 Å². The van der Waals surface area contributed by atoms with Gasteiger partial charge in [-0.15, -0.1) is 0 Å². The van der Waals surface area contributed by atoms with E-state index in [0.717, 1.165) is 0 Å². The second-order valence-corrected chi connectivity index (χ2v) is 19.7. The first-order valence-electron chi connectivity index (χ1n) is 23.0. The van der Waals surface area contributed by atoms with Crippen LogP contribution in [0.4, 0.5) is 0 Å². The van der Waals surface area contributed by atoms with E-state index in [-0.39, 0.29) is 25.0 Å². The molecular weight excluding hydrogens is 837 g/mol. The first kappa shape index (κ1) is 44.3. The van der Waals surface area contributed by atoms with Crippen LogP contribution in [0.2, 0.25) is 0 Å². The van der Waals surface area contributed by atoms with E-state index in [9.17, 15) is 34.8 Å². The Kier molecular flexibility index (Phi) is 11.0. The molecule has 10 rings (SSSR count). The number of aliphatic hydroxyl groups excluding tert-OH is 3. The van der Waals surface area contributed by atoms with E-state index in [1.807, 2.05) is 19.9 Å². The van der Waals surface area contributed by atoms with E-state index in [1.54, 1.807) is 91.9 Å². The minimum atomic E-state index is -2.43. The molecule has 4 saturated heterocycles. The highest BCUT2D eigenvalue weighted by molar-refractivity contribution is 5.90. The van der Waals surface area contributed by atoms with Crippen LogP contribution in [0.25, 0.3) is 0 Å². The lowest BCUT2D eigenvalue weighted by molar-refractivity contribution is -0.459. The van der Waals surface area contributed by atoms with Gasteiger partial charge in [-0.05, 0) is 98.8 Å². The van der Waals surface area contributed by atoms with Gasteiger partial charge in [-0.1, -0.05) is 81.4 Å². The Morgan fingerprint density at radius 2 is 1.37 bits per heavy atom. The molecule has 3 aliphatic carbocycles. The number of carbonyl (C=O) groups is 3. The molecular formula is C51H58O14. The summed E-state index contributed by atoms with van der Waals surface area (Å²) in [5.41, 5.74) is -5.86. The van der Waals surface area contributed by atoms with E-state index < -0.39 is 125 Å². The van der Waals surface area contributed by atoms with Gasteiger partial charge in [0.2, 0.25) is 0 Å². The molecule has 7 fully saturated rings. The van der Waals surface area contributed by atoms with Crippen LogP contribution in [-0.4, -0.2) is 117 Å². The monoisotopic (exact) mass is 894 g/mol. The van der Waals surface area contributed by atoms with Gasteiger partial charge in [0.05, 0.1) is 35.5 Å². The Morgan fingerprint density at radius 3 is 1.97 bits per heavy atom. The zero-order valence-corrected chi connectivity index (χ0v) is 36.8. The van der Waals surface area contributed by atoms with Crippen molar-refractivity contribution in [3.05, 3.63) is 120 Å². The zero-order valence-electron chi connectivity index (χ0n) is 36.8. The Bertz CT molecular complexity index is 2310. The largest absolute Gasteiger partial charge is 0.462 e. The Hall–Kier alpha value is -4.51. The van der Waals surface area contributed by atoms with Crippen LogP contribution < -0.4 is 0 Å². The van der Waals surface area contributed by atoms with Gasteiger partial charge < -0.3 is 53.6 Å². The highest BCUT2D eigenvalue weighted by Crippen LogP contribution is 2.76. The molecule has 1 unspecified atom stereocenters. The summed E-state index contributed by atoms with van der Waals surface area (Å²) in [5.74, 6) is -8.88. The predicted molar refractivity (Wildman–Crippen MR) is 230 cm³/mol. The van der Waals surface area contributed by atoms with Crippen molar-refractivity contribution < 1.29 is 68.0 Å². The number of benzene rings is 3. The molecule has 4 N–H and O–H groups in total. The molecule has 0 aromatic heterocycles. The van der Waals surface area contributed by atoms with Gasteiger partial charge in [-0.3, -0.25) is 0 Å². The molecule has 4 heterocycles. The highest BCUT2D eigenvalue weighted by atomic mass is 16.9. The van der Waals surface area contributed by atoms with Gasteiger partial charge in [-0.2, -0.15) is 0 Å². The van der Waals surface area contributed by atoms with Gasteiger partial charge in [0, 0.05) is 17.8 Å². The highest BCUT2D eigenvalue weighted by Gasteiger charge is 2.91. The van der Waals surface area contributed by atoms with Crippen molar-refractivity contribution in [2.24, 2.45) is 35.5 Å². The maximum Gasteiger partial charge on any atom is 0.338 e. The maximum atomic E-state index is 14.3. The van der Waals surface area contributed by atoms with E-state index in [1.165, 1.54) is 0 Å². The molecule has 2 spiro atoms. The molecule has 3 saturated carbocycles. The average molecular weight is 895 g/mol. The average Bonchev–Trinajstić information content (AvgIpc) is 3.95. The molecule has 14 heteroatoms. The summed E-state index contributed by atoms with van der Waals surface area (Å²) in [5, 5.41) is 51.0. The molecule has 0 amide bonds. The molecule has 17 atom stereocenters. The summed E-state index contributed by atoms with van der Waals surface area (Å²) in [6.07, 6.45) is -5.36. The van der Waals surface area contributed by atoms with Gasteiger partial charge >= 0.3 is 23.9 Å². The number of hydrogen-bond acceptors (Lipinski definition) is 14. The van der Waals surface area contributed by atoms with Crippen LogP contribution in [0.15, 0.2) is 103 Å². The molecule has 65 heavy (non-hydrogen) atoms. The van der Waals surface area contributed by atoms with Crippen molar-refractivity contribution in [3.63, 3.8) is 0 Å². The minimum Gasteiger partial charge on any atom is -0.462 e. The summed E-state index contributed by atoms with van der Waals surface area (Å²) in [6.45, 7) is 9.04. The zero-order chi connectivity index (χ0) is 45.7. The lowest BCUT2D eigenvalue weighted by atomic mass is 9.51. The number of aliphatic hydroxyl groups is 4. The molecule has 0 radical (unpaired) electrons. The Labute approximate surface area is 377 Å². The molecule has 3 aromatic rings. The maximum absolute atomic E-state index is 14.3. The summed E-state index contributed by atoms with van der Waals surface area (Å²) in [7, 11) is 0. The minimum absolute atomic E-state index is 0.0861. The van der Waals surface area contributed by atoms with Crippen molar-refractivity contribution in [1.82, 2.24) is 0 Å². The standard InChI is InChI=1S/C51H58O14/c1-28(2)47-25-34(26-59-43(54)31-16-8-5-9-17-31)50-38-41(47)63-51(64-47,65-50)36(53)23-15-14-22-35(60-44(55)32-18-10-6-11-19-32)24-29(3)37-30(4)40(61-45(56)33-20-12-7-13-21-33)49(58,39(37)50)46(57)48(27-52)42(38)62-48/h5-13,16-21,29-30,34-42,46,52-53,57-58H,1,14-15,22-27H2,2-4H3/t29-,30+,34+,35+,36-,37+,38-,39-,40+,41-,42+,46-,47-,48+,49-,50-,51?/m1/s1. The van der Waals surface area contributed by atoms with Crippen molar-refractivity contribution in [3.8, 4) is 0 Å². The first-order valence-corrected chi connectivity index (χ1v) is 23.0. The van der Waals surface area contributed by atoms with E-state index in [0.29, 0.717) is 42.4 Å². The number of rotatable bonds is 9. The van der Waals surface area contributed by atoms with E-state index in [4.69, 9.17) is 33.2 Å².